The van der Waals surface area contributed by atoms with Crippen LogP contribution in [0.25, 0.3) is 0 Å². The molecule has 1 aromatic carbocycles. The van der Waals surface area contributed by atoms with Gasteiger partial charge in [0, 0.05) is 17.1 Å². The van der Waals surface area contributed by atoms with Gasteiger partial charge in [-0.3, -0.25) is 0 Å². The molecule has 0 amide bonds. The summed E-state index contributed by atoms with van der Waals surface area (Å²) in [5.41, 5.74) is 1.27. The number of rotatable bonds is 4. The lowest BCUT2D eigenvalue weighted by molar-refractivity contribution is 0.413. The quantitative estimate of drug-likeness (QED) is 0.919. The molecule has 1 aromatic rings. The van der Waals surface area contributed by atoms with Crippen molar-refractivity contribution < 1.29 is 4.74 Å². The summed E-state index contributed by atoms with van der Waals surface area (Å²) in [5.74, 6) is 3.50. The molecule has 1 N–H and O–H groups in total. The Morgan fingerprint density at radius 2 is 2.18 bits per heavy atom. The van der Waals surface area contributed by atoms with Gasteiger partial charge in [0.25, 0.3) is 0 Å². The molecular formula is C13H18BrNOS. The van der Waals surface area contributed by atoms with E-state index in [9.17, 15) is 0 Å². The molecule has 1 fully saturated rings. The molecule has 17 heavy (non-hydrogen) atoms. The van der Waals surface area contributed by atoms with E-state index in [2.05, 4.69) is 39.1 Å². The van der Waals surface area contributed by atoms with Crippen molar-refractivity contribution >= 4 is 27.7 Å². The Kier molecular flexibility index (Phi) is 5.19. The zero-order valence-electron chi connectivity index (χ0n) is 10.0. The minimum absolute atomic E-state index is 0.675. The van der Waals surface area contributed by atoms with Crippen LogP contribution < -0.4 is 10.1 Å². The molecule has 0 saturated carbocycles. The Hall–Kier alpha value is -0.190. The molecular weight excluding hydrogens is 298 g/mol. The van der Waals surface area contributed by atoms with E-state index in [0.717, 1.165) is 16.8 Å². The summed E-state index contributed by atoms with van der Waals surface area (Å²) in [7, 11) is 1.71. The third kappa shape index (κ3) is 3.90. The summed E-state index contributed by atoms with van der Waals surface area (Å²) < 4.78 is 6.40. The van der Waals surface area contributed by atoms with E-state index >= 15 is 0 Å². The normalized spacial score (nSPS) is 17.1. The van der Waals surface area contributed by atoms with Crippen molar-refractivity contribution in [2.75, 3.05) is 18.6 Å². The second-order valence-corrected chi connectivity index (χ2v) is 6.30. The maximum Gasteiger partial charge on any atom is 0.119 e. The smallest absolute Gasteiger partial charge is 0.119 e. The average molecular weight is 316 g/mol. The Balaban J connectivity index is 1.92. The third-order valence-corrected chi connectivity index (χ3v) is 4.88. The predicted octanol–water partition coefficient (Wildman–Crippen LogP) is 3.44. The molecule has 1 aliphatic rings. The minimum atomic E-state index is 0.675. The van der Waals surface area contributed by atoms with E-state index in [1.807, 2.05) is 12.1 Å². The van der Waals surface area contributed by atoms with Crippen LogP contribution in [0.5, 0.6) is 5.75 Å². The third-order valence-electron chi connectivity index (χ3n) is 3.06. The van der Waals surface area contributed by atoms with Crippen LogP contribution in [-0.4, -0.2) is 24.7 Å². The van der Waals surface area contributed by atoms with Gasteiger partial charge in [-0.15, -0.1) is 0 Å². The SMILES string of the molecule is COc1ccc(Br)c(CNC2CCSCC2)c1. The highest BCUT2D eigenvalue weighted by Gasteiger charge is 2.13. The molecule has 0 atom stereocenters. The van der Waals surface area contributed by atoms with Crippen LogP contribution in [0, 0.1) is 0 Å². The lowest BCUT2D eigenvalue weighted by Crippen LogP contribution is -2.32. The summed E-state index contributed by atoms with van der Waals surface area (Å²) in [6, 6.07) is 6.79. The molecule has 0 aromatic heterocycles. The Morgan fingerprint density at radius 3 is 2.88 bits per heavy atom. The highest BCUT2D eigenvalue weighted by Crippen LogP contribution is 2.23. The van der Waals surface area contributed by atoms with Gasteiger partial charge in [-0.2, -0.15) is 11.8 Å². The van der Waals surface area contributed by atoms with Gasteiger partial charge in [-0.25, -0.2) is 0 Å². The van der Waals surface area contributed by atoms with Gasteiger partial charge in [0.1, 0.15) is 5.75 Å². The molecule has 0 spiro atoms. The van der Waals surface area contributed by atoms with E-state index in [4.69, 9.17) is 4.74 Å². The standard InChI is InChI=1S/C13H18BrNOS/c1-16-12-2-3-13(14)10(8-12)9-15-11-4-6-17-7-5-11/h2-3,8,11,15H,4-7,9H2,1H3. The number of ether oxygens (including phenoxy) is 1. The van der Waals surface area contributed by atoms with Gasteiger partial charge in [0.2, 0.25) is 0 Å². The largest absolute Gasteiger partial charge is 0.497 e. The first-order valence-corrected chi connectivity index (χ1v) is 7.88. The molecule has 94 valence electrons. The highest BCUT2D eigenvalue weighted by molar-refractivity contribution is 9.10. The molecule has 0 unspecified atom stereocenters. The van der Waals surface area contributed by atoms with Gasteiger partial charge in [-0.05, 0) is 48.1 Å². The number of nitrogens with one attached hydrogen (secondary N) is 1. The van der Waals surface area contributed by atoms with E-state index in [0.29, 0.717) is 6.04 Å². The fourth-order valence-electron chi connectivity index (χ4n) is 1.97. The fraction of sp³-hybridized carbons (Fsp3) is 0.538. The van der Waals surface area contributed by atoms with Crippen LogP contribution in [0.4, 0.5) is 0 Å². The van der Waals surface area contributed by atoms with Gasteiger partial charge in [-0.1, -0.05) is 15.9 Å². The lowest BCUT2D eigenvalue weighted by atomic mass is 10.1. The molecule has 1 heterocycles. The van der Waals surface area contributed by atoms with E-state index in [-0.39, 0.29) is 0 Å². The van der Waals surface area contributed by atoms with Gasteiger partial charge in [0.05, 0.1) is 7.11 Å². The molecule has 1 saturated heterocycles. The minimum Gasteiger partial charge on any atom is -0.497 e. The lowest BCUT2D eigenvalue weighted by Gasteiger charge is -2.23. The Morgan fingerprint density at radius 1 is 1.41 bits per heavy atom. The summed E-state index contributed by atoms with van der Waals surface area (Å²) in [4.78, 5) is 0. The van der Waals surface area contributed by atoms with Crippen LogP contribution in [-0.2, 0) is 6.54 Å². The van der Waals surface area contributed by atoms with Crippen molar-refractivity contribution in [1.29, 1.82) is 0 Å². The molecule has 1 aliphatic heterocycles. The molecule has 4 heteroatoms. The van der Waals surface area contributed by atoms with Crippen molar-refractivity contribution in [2.24, 2.45) is 0 Å². The average Bonchev–Trinajstić information content (AvgIpc) is 2.39. The first-order valence-electron chi connectivity index (χ1n) is 5.93. The molecule has 2 rings (SSSR count). The van der Waals surface area contributed by atoms with Crippen molar-refractivity contribution in [2.45, 2.75) is 25.4 Å². The van der Waals surface area contributed by atoms with E-state index in [1.54, 1.807) is 7.11 Å². The summed E-state index contributed by atoms with van der Waals surface area (Å²) in [6.07, 6.45) is 2.57. The van der Waals surface area contributed by atoms with Crippen molar-refractivity contribution in [3.63, 3.8) is 0 Å². The second kappa shape index (κ2) is 6.66. The number of thioether (sulfide) groups is 1. The number of benzene rings is 1. The number of methoxy groups -OCH3 is 1. The fourth-order valence-corrected chi connectivity index (χ4v) is 3.46. The molecule has 0 bridgehead atoms. The van der Waals surface area contributed by atoms with Crippen LogP contribution in [0.2, 0.25) is 0 Å². The Bertz CT molecular complexity index is 366. The van der Waals surface area contributed by atoms with E-state index in [1.165, 1.54) is 29.9 Å². The zero-order chi connectivity index (χ0) is 12.1. The first kappa shape index (κ1) is 13.2. The monoisotopic (exact) mass is 315 g/mol. The predicted molar refractivity (Wildman–Crippen MR) is 77.9 cm³/mol. The first-order chi connectivity index (χ1) is 8.29. The number of hydrogen-bond acceptors (Lipinski definition) is 3. The maximum absolute atomic E-state index is 5.25. The molecule has 0 aliphatic carbocycles. The molecule has 2 nitrogen and oxygen atoms in total. The van der Waals surface area contributed by atoms with Gasteiger partial charge >= 0.3 is 0 Å². The van der Waals surface area contributed by atoms with Gasteiger partial charge < -0.3 is 10.1 Å². The summed E-state index contributed by atoms with van der Waals surface area (Å²) in [5, 5.41) is 3.63. The second-order valence-electron chi connectivity index (χ2n) is 4.22. The Labute approximate surface area is 116 Å². The van der Waals surface area contributed by atoms with Crippen molar-refractivity contribution in [3.8, 4) is 5.75 Å². The van der Waals surface area contributed by atoms with Crippen LogP contribution in [0.1, 0.15) is 18.4 Å². The highest BCUT2D eigenvalue weighted by atomic mass is 79.9. The number of hydrogen-bond donors (Lipinski definition) is 1. The van der Waals surface area contributed by atoms with Crippen LogP contribution >= 0.6 is 27.7 Å². The summed E-state index contributed by atoms with van der Waals surface area (Å²) in [6.45, 7) is 0.910. The van der Waals surface area contributed by atoms with Crippen molar-refractivity contribution in [3.05, 3.63) is 28.2 Å². The topological polar surface area (TPSA) is 21.3 Å². The van der Waals surface area contributed by atoms with Crippen LogP contribution in [0.3, 0.4) is 0 Å². The van der Waals surface area contributed by atoms with Crippen molar-refractivity contribution in [1.82, 2.24) is 5.32 Å². The summed E-state index contributed by atoms with van der Waals surface area (Å²) >= 11 is 5.65. The number of halogens is 1. The zero-order valence-corrected chi connectivity index (χ0v) is 12.4. The molecule has 0 radical (unpaired) electrons. The van der Waals surface area contributed by atoms with Gasteiger partial charge in [0.15, 0.2) is 0 Å². The van der Waals surface area contributed by atoms with Crippen LogP contribution in [0.15, 0.2) is 22.7 Å². The maximum atomic E-state index is 5.25. The van der Waals surface area contributed by atoms with E-state index < -0.39 is 0 Å².